The van der Waals surface area contributed by atoms with Crippen molar-refractivity contribution in [3.63, 3.8) is 0 Å². The average Bonchev–Trinajstić information content (AvgIpc) is 3.32. The molecular formula is C25H29F2N5O4. The van der Waals surface area contributed by atoms with Crippen molar-refractivity contribution in [3.8, 4) is 17.2 Å². The number of methoxy groups -OCH3 is 1. The molecule has 1 unspecified atom stereocenters. The van der Waals surface area contributed by atoms with E-state index in [1.54, 1.807) is 24.1 Å². The number of benzene rings is 2. The predicted molar refractivity (Wildman–Crippen MR) is 131 cm³/mol. The average molecular weight is 502 g/mol. The van der Waals surface area contributed by atoms with Crippen LogP contribution in [-0.4, -0.2) is 63.1 Å². The van der Waals surface area contributed by atoms with Crippen molar-refractivity contribution in [1.29, 1.82) is 0 Å². The van der Waals surface area contributed by atoms with E-state index in [1.807, 2.05) is 26.2 Å². The molecule has 3 aromatic rings. The number of aldehydes is 2. The zero-order valence-corrected chi connectivity index (χ0v) is 20.3. The molecule has 0 radical (unpaired) electrons. The number of nitrogens with zero attached hydrogens (tertiary/aromatic N) is 3. The molecule has 11 heteroatoms. The third-order valence-corrected chi connectivity index (χ3v) is 5.53. The van der Waals surface area contributed by atoms with Crippen LogP contribution in [0.2, 0.25) is 0 Å². The normalized spacial score (nSPS) is 13.8. The molecule has 9 nitrogen and oxygen atoms in total. The third kappa shape index (κ3) is 6.42. The van der Waals surface area contributed by atoms with Crippen LogP contribution in [0.4, 0.5) is 20.5 Å². The van der Waals surface area contributed by atoms with Gasteiger partial charge in [-0.3, -0.25) is 0 Å². The lowest BCUT2D eigenvalue weighted by molar-refractivity contribution is -0.110. The molecule has 1 aliphatic heterocycles. The standard InChI is InChI=1S/C23H22F2N4O4.C2H7N/c1-32-18-6-4-14(5-7-18)22-27-28-23(33-22)26-16-11-29(12-16)17-9-19(24)21(20(25)10-17)15(13-31)3-2-8-30;1-3-2/h4-10,13,15-16H,2-3,11-12H2,1H3,(H,26,28);3H,1-2H3. The van der Waals surface area contributed by atoms with Gasteiger partial charge in [0.25, 0.3) is 0 Å². The van der Waals surface area contributed by atoms with Crippen molar-refractivity contribution >= 4 is 24.3 Å². The first-order chi connectivity index (χ1) is 17.4. The van der Waals surface area contributed by atoms with E-state index in [4.69, 9.17) is 9.15 Å². The lowest BCUT2D eigenvalue weighted by atomic mass is 9.94. The quantitative estimate of drug-likeness (QED) is 0.404. The molecule has 192 valence electrons. The molecule has 0 aliphatic carbocycles. The minimum absolute atomic E-state index is 0.0460. The van der Waals surface area contributed by atoms with Crippen LogP contribution in [-0.2, 0) is 9.59 Å². The topological polar surface area (TPSA) is 110 Å². The summed E-state index contributed by atoms with van der Waals surface area (Å²) in [4.78, 5) is 23.6. The fourth-order valence-corrected chi connectivity index (χ4v) is 3.72. The summed E-state index contributed by atoms with van der Waals surface area (Å²) in [5, 5.41) is 13.9. The van der Waals surface area contributed by atoms with Crippen LogP contribution in [0, 0.1) is 11.6 Å². The highest BCUT2D eigenvalue weighted by Crippen LogP contribution is 2.31. The molecule has 2 heterocycles. The number of hydrogen-bond acceptors (Lipinski definition) is 9. The molecule has 1 atom stereocenters. The molecule has 0 bridgehead atoms. The van der Waals surface area contributed by atoms with Crippen molar-refractivity contribution in [2.24, 2.45) is 0 Å². The Bertz CT molecular complexity index is 1130. The van der Waals surface area contributed by atoms with Gasteiger partial charge in [0.2, 0.25) is 5.89 Å². The minimum atomic E-state index is -0.993. The molecule has 2 aromatic carbocycles. The number of carbonyl (C=O) groups is 2. The van der Waals surface area contributed by atoms with Crippen molar-refractivity contribution in [2.45, 2.75) is 24.8 Å². The van der Waals surface area contributed by atoms with Gasteiger partial charge in [0, 0.05) is 42.2 Å². The predicted octanol–water partition coefficient (Wildman–Crippen LogP) is 3.42. The Morgan fingerprint density at radius 2 is 1.78 bits per heavy atom. The largest absolute Gasteiger partial charge is 0.497 e. The number of hydrogen-bond donors (Lipinski definition) is 2. The molecule has 0 amide bonds. The Kier molecular flexibility index (Phi) is 9.46. The molecule has 1 saturated heterocycles. The van der Waals surface area contributed by atoms with Gasteiger partial charge in [0.15, 0.2) is 0 Å². The summed E-state index contributed by atoms with van der Waals surface area (Å²) in [5.74, 6) is -1.52. The van der Waals surface area contributed by atoms with Crippen LogP contribution in [0.5, 0.6) is 5.75 Å². The lowest BCUT2D eigenvalue weighted by Gasteiger charge is -2.41. The fraction of sp³-hybridized carbons (Fsp3) is 0.360. The van der Waals surface area contributed by atoms with E-state index >= 15 is 0 Å². The van der Waals surface area contributed by atoms with Gasteiger partial charge in [-0.1, -0.05) is 5.10 Å². The maximum atomic E-state index is 14.6. The molecule has 0 spiro atoms. The Morgan fingerprint density at radius 1 is 1.14 bits per heavy atom. The highest BCUT2D eigenvalue weighted by atomic mass is 19.1. The van der Waals surface area contributed by atoms with Gasteiger partial charge in [-0.15, -0.1) is 5.10 Å². The van der Waals surface area contributed by atoms with Crippen LogP contribution in [0.1, 0.15) is 24.3 Å². The monoisotopic (exact) mass is 501 g/mol. The maximum Gasteiger partial charge on any atom is 0.316 e. The zero-order chi connectivity index (χ0) is 26.1. The van der Waals surface area contributed by atoms with Crippen LogP contribution in [0.15, 0.2) is 40.8 Å². The van der Waals surface area contributed by atoms with Gasteiger partial charge in [0.1, 0.15) is 30.0 Å². The molecule has 0 saturated carbocycles. The molecular weight excluding hydrogens is 472 g/mol. The smallest absolute Gasteiger partial charge is 0.316 e. The summed E-state index contributed by atoms with van der Waals surface area (Å²) >= 11 is 0. The van der Waals surface area contributed by atoms with Crippen molar-refractivity contribution in [1.82, 2.24) is 15.5 Å². The lowest BCUT2D eigenvalue weighted by Crippen LogP contribution is -2.55. The van der Waals surface area contributed by atoms with Crippen LogP contribution in [0.25, 0.3) is 11.5 Å². The SMILES string of the molecule is CNC.COc1ccc(-c2nnc(NC3CN(c4cc(F)c(C(C=O)CCC=O)c(F)c4)C3)o2)cc1. The Balaban J connectivity index is 0.00000115. The second kappa shape index (κ2) is 12.7. The van der Waals surface area contributed by atoms with Gasteiger partial charge in [0.05, 0.1) is 13.2 Å². The molecule has 1 aromatic heterocycles. The first-order valence-electron chi connectivity index (χ1n) is 11.4. The van der Waals surface area contributed by atoms with Crippen LogP contribution >= 0.6 is 0 Å². The second-order valence-electron chi connectivity index (χ2n) is 8.20. The highest BCUT2D eigenvalue weighted by molar-refractivity contribution is 5.65. The summed E-state index contributed by atoms with van der Waals surface area (Å²) in [6.07, 6.45) is 1.22. The Hall–Kier alpha value is -3.86. The summed E-state index contributed by atoms with van der Waals surface area (Å²) in [6, 6.07) is 9.82. The van der Waals surface area contributed by atoms with E-state index in [-0.39, 0.29) is 30.5 Å². The first-order valence-corrected chi connectivity index (χ1v) is 11.4. The molecule has 1 fully saturated rings. The zero-order valence-electron chi connectivity index (χ0n) is 20.3. The van der Waals surface area contributed by atoms with Gasteiger partial charge < -0.3 is 34.3 Å². The van der Waals surface area contributed by atoms with Gasteiger partial charge in [-0.25, -0.2) is 8.78 Å². The number of rotatable bonds is 10. The van der Waals surface area contributed by atoms with E-state index in [1.165, 1.54) is 12.1 Å². The second-order valence-corrected chi connectivity index (χ2v) is 8.20. The Labute approximate surface area is 207 Å². The summed E-state index contributed by atoms with van der Waals surface area (Å²) in [6.45, 7) is 0.946. The van der Waals surface area contributed by atoms with Gasteiger partial charge >= 0.3 is 6.01 Å². The van der Waals surface area contributed by atoms with Gasteiger partial charge in [-0.05, 0) is 56.9 Å². The Morgan fingerprint density at radius 3 is 2.33 bits per heavy atom. The molecule has 36 heavy (non-hydrogen) atoms. The number of ether oxygens (including phenoxy) is 1. The number of anilines is 2. The third-order valence-electron chi connectivity index (χ3n) is 5.53. The van der Waals surface area contributed by atoms with Crippen LogP contribution < -0.4 is 20.3 Å². The fourth-order valence-electron chi connectivity index (χ4n) is 3.72. The summed E-state index contributed by atoms with van der Waals surface area (Å²) < 4.78 is 39.9. The van der Waals surface area contributed by atoms with Crippen molar-refractivity contribution in [3.05, 3.63) is 53.6 Å². The maximum absolute atomic E-state index is 14.6. The van der Waals surface area contributed by atoms with E-state index in [0.29, 0.717) is 37.2 Å². The van der Waals surface area contributed by atoms with E-state index in [2.05, 4.69) is 20.8 Å². The van der Waals surface area contributed by atoms with E-state index < -0.39 is 17.6 Å². The number of nitrogens with one attached hydrogen (secondary N) is 2. The number of halogens is 2. The number of carbonyl (C=O) groups excluding carboxylic acids is 2. The van der Waals surface area contributed by atoms with Gasteiger partial charge in [-0.2, -0.15) is 0 Å². The molecule has 2 N–H and O–H groups in total. The number of aromatic nitrogens is 2. The van der Waals surface area contributed by atoms with Crippen molar-refractivity contribution in [2.75, 3.05) is 44.5 Å². The van der Waals surface area contributed by atoms with Crippen molar-refractivity contribution < 1.29 is 27.5 Å². The summed E-state index contributed by atoms with van der Waals surface area (Å²) in [5.41, 5.74) is 0.818. The highest BCUT2D eigenvalue weighted by Gasteiger charge is 2.30. The van der Waals surface area contributed by atoms with Crippen LogP contribution in [0.3, 0.4) is 0 Å². The van der Waals surface area contributed by atoms with E-state index in [0.717, 1.165) is 11.3 Å². The summed E-state index contributed by atoms with van der Waals surface area (Å²) in [7, 11) is 5.33. The minimum Gasteiger partial charge on any atom is -0.497 e. The molecule has 4 rings (SSSR count). The first kappa shape index (κ1) is 26.7. The van der Waals surface area contributed by atoms with E-state index in [9.17, 15) is 18.4 Å². The molecule has 1 aliphatic rings.